The van der Waals surface area contributed by atoms with Gasteiger partial charge in [-0.1, -0.05) is 49.1 Å². The fraction of sp³-hybridized carbons (Fsp3) is 0.217. The summed E-state index contributed by atoms with van der Waals surface area (Å²) < 4.78 is 7.98. The maximum absolute atomic E-state index is 13.4. The smallest absolute Gasteiger partial charge is 0.269 e. The molecule has 1 aromatic carbocycles. The van der Waals surface area contributed by atoms with Crippen molar-refractivity contribution in [1.82, 2.24) is 14.3 Å². The quantitative estimate of drug-likeness (QED) is 0.418. The van der Waals surface area contributed by atoms with E-state index in [4.69, 9.17) is 17.0 Å². The molecule has 1 fully saturated rings. The number of thiocarbonyl (C=S) groups is 1. The average Bonchev–Trinajstić information content (AvgIpc) is 3.04. The molecule has 0 bridgehead atoms. The molecule has 0 aliphatic carbocycles. The zero-order valence-electron chi connectivity index (χ0n) is 17.4. The lowest BCUT2D eigenvalue weighted by Crippen LogP contribution is -2.27. The van der Waals surface area contributed by atoms with Gasteiger partial charge in [-0.3, -0.25) is 18.9 Å². The van der Waals surface area contributed by atoms with E-state index in [2.05, 4.69) is 11.9 Å². The number of aromatic nitrogens is 2. The zero-order chi connectivity index (χ0) is 22.1. The monoisotopic (exact) mass is 451 g/mol. The van der Waals surface area contributed by atoms with Crippen molar-refractivity contribution in [3.63, 3.8) is 0 Å². The summed E-state index contributed by atoms with van der Waals surface area (Å²) in [4.78, 5) is 32.6. The fourth-order valence-corrected chi connectivity index (χ4v) is 4.67. The summed E-state index contributed by atoms with van der Waals surface area (Å²) >= 11 is 6.47. The Bertz CT molecular complexity index is 1280. The molecule has 1 amide bonds. The first-order chi connectivity index (χ1) is 14.9. The van der Waals surface area contributed by atoms with Gasteiger partial charge in [0.25, 0.3) is 11.5 Å². The number of thioether (sulfide) groups is 1. The van der Waals surface area contributed by atoms with Gasteiger partial charge in [0, 0.05) is 12.7 Å². The number of amides is 1. The van der Waals surface area contributed by atoms with Gasteiger partial charge in [0.15, 0.2) is 0 Å². The van der Waals surface area contributed by atoms with Crippen molar-refractivity contribution >= 4 is 45.9 Å². The van der Waals surface area contributed by atoms with Gasteiger partial charge in [-0.15, -0.1) is 0 Å². The number of likely N-dealkylation sites (N-methyl/N-ethyl adjacent to an activating group) is 1. The molecule has 1 aliphatic heterocycles. The summed E-state index contributed by atoms with van der Waals surface area (Å²) in [5.41, 5.74) is 2.42. The maximum Gasteiger partial charge on any atom is 0.269 e. The molecule has 6 nitrogen and oxygen atoms in total. The second kappa shape index (κ2) is 8.64. The summed E-state index contributed by atoms with van der Waals surface area (Å²) in [6.45, 7) is 6.30. The molecule has 158 valence electrons. The Morgan fingerprint density at radius 3 is 2.55 bits per heavy atom. The molecule has 0 unspecified atom stereocenters. The number of aryl methyl sites for hydroxylation is 2. The van der Waals surface area contributed by atoms with E-state index in [1.807, 2.05) is 44.2 Å². The van der Waals surface area contributed by atoms with E-state index in [1.54, 1.807) is 12.3 Å². The largest absolute Gasteiger partial charge is 0.438 e. The lowest BCUT2D eigenvalue weighted by atomic mass is 10.2. The van der Waals surface area contributed by atoms with Crippen molar-refractivity contribution in [2.45, 2.75) is 27.2 Å². The number of hydrogen-bond donors (Lipinski definition) is 0. The van der Waals surface area contributed by atoms with E-state index >= 15 is 0 Å². The maximum atomic E-state index is 13.4. The molecular weight excluding hydrogens is 430 g/mol. The van der Waals surface area contributed by atoms with Crippen LogP contribution in [0.2, 0.25) is 0 Å². The highest BCUT2D eigenvalue weighted by Gasteiger charge is 2.31. The molecule has 0 N–H and O–H groups in total. The minimum atomic E-state index is -0.310. The molecule has 31 heavy (non-hydrogen) atoms. The molecular formula is C23H21N3O3S2. The first kappa shape index (κ1) is 21.3. The van der Waals surface area contributed by atoms with Gasteiger partial charge in [0.2, 0.25) is 5.88 Å². The molecule has 0 radical (unpaired) electrons. The number of carbonyl (C=O) groups is 1. The van der Waals surface area contributed by atoms with Crippen molar-refractivity contribution in [2.24, 2.45) is 0 Å². The van der Waals surface area contributed by atoms with E-state index in [0.29, 0.717) is 27.2 Å². The minimum Gasteiger partial charge on any atom is -0.438 e. The molecule has 0 atom stereocenters. The third-order valence-corrected chi connectivity index (χ3v) is 6.44. The van der Waals surface area contributed by atoms with Crippen LogP contribution in [0, 0.1) is 6.92 Å². The highest BCUT2D eigenvalue weighted by atomic mass is 32.2. The van der Waals surface area contributed by atoms with Crippen LogP contribution in [0.25, 0.3) is 11.7 Å². The van der Waals surface area contributed by atoms with Crippen LogP contribution in [0.1, 0.15) is 30.5 Å². The van der Waals surface area contributed by atoms with Crippen molar-refractivity contribution in [2.75, 3.05) is 6.54 Å². The Kier molecular flexibility index (Phi) is 5.93. The average molecular weight is 452 g/mol. The van der Waals surface area contributed by atoms with E-state index in [1.165, 1.54) is 32.7 Å². The van der Waals surface area contributed by atoms with Crippen LogP contribution in [-0.4, -0.2) is 31.1 Å². The van der Waals surface area contributed by atoms with Crippen LogP contribution in [-0.2, 0) is 11.2 Å². The highest BCUT2D eigenvalue weighted by Crippen LogP contribution is 2.34. The SMILES string of the molecule is CCc1ccc(Oc2nc3c(C)cccn3c(=O)c2/C=C2/SC(=S)N(CC)C2=O)cc1. The van der Waals surface area contributed by atoms with Crippen molar-refractivity contribution in [1.29, 1.82) is 0 Å². The summed E-state index contributed by atoms with van der Waals surface area (Å²) in [6.07, 6.45) is 4.11. The van der Waals surface area contributed by atoms with Crippen LogP contribution in [0.15, 0.2) is 52.3 Å². The molecule has 1 aliphatic rings. The van der Waals surface area contributed by atoms with Gasteiger partial charge in [-0.2, -0.15) is 4.98 Å². The van der Waals surface area contributed by atoms with Crippen LogP contribution < -0.4 is 10.3 Å². The van der Waals surface area contributed by atoms with Gasteiger partial charge in [0.05, 0.1) is 4.91 Å². The number of rotatable bonds is 5. The minimum absolute atomic E-state index is 0.158. The van der Waals surface area contributed by atoms with Crippen LogP contribution in [0.4, 0.5) is 0 Å². The van der Waals surface area contributed by atoms with Crippen LogP contribution in [0.5, 0.6) is 11.6 Å². The second-order valence-electron chi connectivity index (χ2n) is 7.05. The lowest BCUT2D eigenvalue weighted by molar-refractivity contribution is -0.121. The number of ether oxygens (including phenoxy) is 1. The molecule has 8 heteroatoms. The number of hydrogen-bond acceptors (Lipinski definition) is 6. The number of carbonyl (C=O) groups excluding carboxylic acids is 1. The number of fused-ring (bicyclic) bond motifs is 1. The molecule has 0 spiro atoms. The molecule has 4 rings (SSSR count). The normalized spacial score (nSPS) is 15.3. The lowest BCUT2D eigenvalue weighted by Gasteiger charge is -2.12. The Morgan fingerprint density at radius 2 is 1.90 bits per heavy atom. The first-order valence-electron chi connectivity index (χ1n) is 9.97. The Labute approximate surface area is 189 Å². The molecule has 0 saturated carbocycles. The molecule has 3 aromatic rings. The third-order valence-electron chi connectivity index (χ3n) is 5.06. The van der Waals surface area contributed by atoms with E-state index in [0.717, 1.165) is 12.0 Å². The summed E-state index contributed by atoms with van der Waals surface area (Å²) in [7, 11) is 0. The van der Waals surface area contributed by atoms with Gasteiger partial charge in [0.1, 0.15) is 21.3 Å². The molecule has 2 aromatic heterocycles. The Hall–Kier alpha value is -2.97. The van der Waals surface area contributed by atoms with Crippen molar-refractivity contribution in [3.8, 4) is 11.6 Å². The number of nitrogens with zero attached hydrogens (tertiary/aromatic N) is 3. The molecule has 3 heterocycles. The molecule has 1 saturated heterocycles. The number of pyridine rings is 1. The second-order valence-corrected chi connectivity index (χ2v) is 8.72. The van der Waals surface area contributed by atoms with Crippen LogP contribution in [0.3, 0.4) is 0 Å². The Morgan fingerprint density at radius 1 is 1.16 bits per heavy atom. The third kappa shape index (κ3) is 4.00. The van der Waals surface area contributed by atoms with Crippen LogP contribution >= 0.6 is 24.0 Å². The van der Waals surface area contributed by atoms with E-state index in [9.17, 15) is 9.59 Å². The highest BCUT2D eigenvalue weighted by molar-refractivity contribution is 8.26. The zero-order valence-corrected chi connectivity index (χ0v) is 19.0. The standard InChI is InChI=1S/C23H21N3O3S2/c1-4-15-8-10-16(11-9-15)29-20-17(13-18-22(28)25(5-2)23(30)31-18)21(27)26-12-6-7-14(3)19(26)24-20/h6-13H,4-5H2,1-3H3/b18-13+. The van der Waals surface area contributed by atoms with Gasteiger partial charge in [-0.05, 0) is 55.7 Å². The summed E-state index contributed by atoms with van der Waals surface area (Å²) in [5, 5.41) is 0. The van der Waals surface area contributed by atoms with Gasteiger partial charge in [-0.25, -0.2) is 0 Å². The first-order valence-corrected chi connectivity index (χ1v) is 11.2. The Balaban J connectivity index is 1.88. The summed E-state index contributed by atoms with van der Waals surface area (Å²) in [6, 6.07) is 11.3. The predicted octanol–water partition coefficient (Wildman–Crippen LogP) is 4.58. The predicted molar refractivity (Wildman–Crippen MR) is 128 cm³/mol. The van der Waals surface area contributed by atoms with Crippen molar-refractivity contribution in [3.05, 3.63) is 74.5 Å². The topological polar surface area (TPSA) is 63.9 Å². The fourth-order valence-electron chi connectivity index (χ4n) is 3.30. The summed E-state index contributed by atoms with van der Waals surface area (Å²) in [5.74, 6) is 0.507. The number of benzene rings is 1. The van der Waals surface area contributed by atoms with E-state index < -0.39 is 0 Å². The van der Waals surface area contributed by atoms with Gasteiger partial charge >= 0.3 is 0 Å². The van der Waals surface area contributed by atoms with Gasteiger partial charge < -0.3 is 4.74 Å². The van der Waals surface area contributed by atoms with E-state index in [-0.39, 0.29) is 22.9 Å². The van der Waals surface area contributed by atoms with Crippen molar-refractivity contribution < 1.29 is 9.53 Å².